The zero-order valence-electron chi connectivity index (χ0n) is 28.4. The molecular formula is C38H20F6N10. The molecule has 16 heteroatoms. The van der Waals surface area contributed by atoms with Crippen LogP contribution in [0, 0.1) is 56.9 Å². The molecule has 4 aromatic rings. The molecule has 0 saturated heterocycles. The van der Waals surface area contributed by atoms with Gasteiger partial charge in [-0.2, -0.15) is 36.9 Å². The number of hydrogen-bond donors (Lipinski definition) is 0. The van der Waals surface area contributed by atoms with Crippen LogP contribution in [0.3, 0.4) is 0 Å². The van der Waals surface area contributed by atoms with Crippen LogP contribution in [0.2, 0.25) is 0 Å². The monoisotopic (exact) mass is 730 g/mol. The number of aromatic nitrogens is 1. The maximum Gasteiger partial charge on any atom is 0.416 e. The fraction of sp³-hybridized carbons (Fsp3) is 0.158. The molecule has 4 heterocycles. The highest BCUT2D eigenvalue weighted by atomic mass is 19.4. The van der Waals surface area contributed by atoms with Crippen LogP contribution < -0.4 is 32.1 Å². The van der Waals surface area contributed by atoms with Crippen LogP contribution in [0.25, 0.3) is 21.7 Å². The molecule has 0 spiro atoms. The third-order valence-electron chi connectivity index (χ3n) is 8.81. The number of nitrogens with zero attached hydrogens (tertiary/aromatic N) is 10. The number of fused-ring (bicyclic) bond motifs is 3. The summed E-state index contributed by atoms with van der Waals surface area (Å²) in [6.07, 6.45) is -9.34. The molecule has 0 saturated carbocycles. The number of allylic oxidation sites excluding steroid dienone is 2. The molecule has 0 unspecified atom stereocenters. The maximum absolute atomic E-state index is 13.7. The largest absolute Gasteiger partial charge is 0.416 e. The van der Waals surface area contributed by atoms with Gasteiger partial charge in [-0.3, -0.25) is 4.98 Å². The summed E-state index contributed by atoms with van der Waals surface area (Å²) in [6.45, 7) is 14.4. The van der Waals surface area contributed by atoms with E-state index in [1.165, 1.54) is 38.1 Å². The van der Waals surface area contributed by atoms with Crippen molar-refractivity contribution in [1.82, 2.24) is 4.98 Å². The van der Waals surface area contributed by atoms with Crippen molar-refractivity contribution < 1.29 is 26.3 Å². The Morgan fingerprint density at radius 3 is 1.31 bits per heavy atom. The first-order valence-corrected chi connectivity index (χ1v) is 15.8. The molecule has 0 bridgehead atoms. The molecule has 264 valence electrons. The van der Waals surface area contributed by atoms with E-state index in [0.29, 0.717) is 10.7 Å². The topological polar surface area (TPSA) is 139 Å². The Morgan fingerprint density at radius 1 is 0.537 bits per heavy atom. The Balaban J connectivity index is 1.49. The number of rotatable bonds is 3. The lowest BCUT2D eigenvalue weighted by Gasteiger charge is -2.09. The van der Waals surface area contributed by atoms with Gasteiger partial charge in [0.1, 0.15) is 23.3 Å². The number of pyridine rings is 1. The Hall–Kier alpha value is -7.12. The van der Waals surface area contributed by atoms with Gasteiger partial charge in [0.05, 0.1) is 61.2 Å². The molecule has 1 aromatic heterocycles. The minimum atomic E-state index is -4.67. The quantitative estimate of drug-likeness (QED) is 0.164. The van der Waals surface area contributed by atoms with E-state index in [1.54, 1.807) is 12.1 Å². The predicted molar refractivity (Wildman–Crippen MR) is 178 cm³/mol. The first-order chi connectivity index (χ1) is 25.5. The normalized spacial score (nSPS) is 15.7. The molecule has 54 heavy (non-hydrogen) atoms. The van der Waals surface area contributed by atoms with Gasteiger partial charge in [0.15, 0.2) is 17.5 Å². The van der Waals surface area contributed by atoms with Gasteiger partial charge in [0.2, 0.25) is 0 Å². The van der Waals surface area contributed by atoms with Crippen molar-refractivity contribution in [2.45, 2.75) is 40.0 Å². The third-order valence-corrected chi connectivity index (χ3v) is 8.81. The van der Waals surface area contributed by atoms with Gasteiger partial charge in [0.25, 0.3) is 5.70 Å². The molecule has 10 nitrogen and oxygen atoms in total. The second-order valence-electron chi connectivity index (χ2n) is 12.4. The molecule has 0 radical (unpaired) electrons. The summed E-state index contributed by atoms with van der Waals surface area (Å²) in [6, 6.07) is 14.3. The highest BCUT2D eigenvalue weighted by Gasteiger charge is 2.34. The smallest absolute Gasteiger partial charge is 0.259 e. The van der Waals surface area contributed by atoms with Gasteiger partial charge in [-0.25, -0.2) is 34.8 Å². The van der Waals surface area contributed by atoms with Crippen LogP contribution in [-0.4, -0.2) is 4.98 Å². The number of halogens is 6. The van der Waals surface area contributed by atoms with Gasteiger partial charge < -0.3 is 0 Å². The second-order valence-corrected chi connectivity index (χ2v) is 12.4. The van der Waals surface area contributed by atoms with Gasteiger partial charge in [-0.15, -0.1) is 0 Å². The number of hydrogen-bond acceptors (Lipinski definition) is 9. The maximum atomic E-state index is 13.7. The van der Waals surface area contributed by atoms with Crippen LogP contribution >= 0.6 is 0 Å². The Morgan fingerprint density at radius 2 is 0.907 bits per heavy atom. The fourth-order valence-corrected chi connectivity index (χ4v) is 6.00. The standard InChI is InChI=1S/C38H20F6N10/c1-16-6-26-27(7-17(16)2)51-35(50-26)22(15-46)25-10-20(21(14-45)34-49-28-8-18(3)23(37(39,40)41)12-30(28)52-34)11-32(48-25)33(47-5)36-53-29-9-19(4)24(38(42,43)44)13-31(29)54-36/h6-13H,1-4H3/b34-21-,36-33+. The van der Waals surface area contributed by atoms with Crippen molar-refractivity contribution in [3.05, 3.63) is 160 Å². The van der Waals surface area contributed by atoms with E-state index in [9.17, 15) is 36.9 Å². The lowest BCUT2D eigenvalue weighted by molar-refractivity contribution is -0.139. The van der Waals surface area contributed by atoms with E-state index in [-0.39, 0.29) is 83.8 Å². The van der Waals surface area contributed by atoms with Crippen LogP contribution in [0.4, 0.5) is 26.3 Å². The average molecular weight is 731 g/mol. The zero-order valence-corrected chi connectivity index (χ0v) is 28.4. The molecule has 0 fully saturated rings. The second kappa shape index (κ2) is 12.5. The average Bonchev–Trinajstić information content (AvgIpc) is 3.80. The number of aryl methyl sites for hydroxylation is 4. The van der Waals surface area contributed by atoms with E-state index in [1.807, 2.05) is 26.0 Å². The Labute approximate surface area is 300 Å². The Kier molecular flexibility index (Phi) is 8.19. The molecule has 0 atom stereocenters. The molecule has 3 aliphatic rings. The zero-order chi connectivity index (χ0) is 38.9. The van der Waals surface area contributed by atoms with Crippen molar-refractivity contribution in [2.24, 2.45) is 30.0 Å². The molecular weight excluding hydrogens is 710 g/mol. The summed E-state index contributed by atoms with van der Waals surface area (Å²) >= 11 is 0. The van der Waals surface area contributed by atoms with Gasteiger partial charge in [0, 0.05) is 0 Å². The summed E-state index contributed by atoms with van der Waals surface area (Å²) in [4.78, 5) is 34.2. The number of benzene rings is 3. The first kappa shape index (κ1) is 35.3. The summed E-state index contributed by atoms with van der Waals surface area (Å²) in [5, 5.41) is 21.7. The minimum Gasteiger partial charge on any atom is -0.259 e. The highest BCUT2D eigenvalue weighted by Crippen LogP contribution is 2.33. The summed E-state index contributed by atoms with van der Waals surface area (Å²) in [7, 11) is 0. The van der Waals surface area contributed by atoms with Crippen LogP contribution in [-0.2, 0) is 12.4 Å². The molecule has 3 aliphatic heterocycles. The lowest BCUT2D eigenvalue weighted by Crippen LogP contribution is -2.25. The fourth-order valence-electron chi connectivity index (χ4n) is 6.00. The third kappa shape index (κ3) is 6.11. The molecule has 0 aliphatic carbocycles. The van der Waals surface area contributed by atoms with Crippen molar-refractivity contribution in [3.8, 4) is 12.1 Å². The number of nitriles is 2. The van der Waals surface area contributed by atoms with Gasteiger partial charge >= 0.3 is 12.4 Å². The molecule has 0 amide bonds. The summed E-state index contributed by atoms with van der Waals surface area (Å²) < 4.78 is 82.1. The number of alkyl halides is 6. The molecule has 0 N–H and O–H groups in total. The summed E-state index contributed by atoms with van der Waals surface area (Å²) in [5.41, 5.74) is -1.25. The predicted octanol–water partition coefficient (Wildman–Crippen LogP) is 5.14. The van der Waals surface area contributed by atoms with Gasteiger partial charge in [-0.1, -0.05) is 0 Å². The van der Waals surface area contributed by atoms with Crippen LogP contribution in [0.15, 0.2) is 95.9 Å². The van der Waals surface area contributed by atoms with Crippen LogP contribution in [0.5, 0.6) is 0 Å². The van der Waals surface area contributed by atoms with Crippen molar-refractivity contribution in [2.75, 3.05) is 0 Å². The van der Waals surface area contributed by atoms with E-state index in [0.717, 1.165) is 23.3 Å². The molecule has 3 aromatic carbocycles. The van der Waals surface area contributed by atoms with Crippen molar-refractivity contribution in [3.63, 3.8) is 0 Å². The SMILES string of the molecule is [C-]#[N+]/C(=C1\N=c2cc(C)c(C(F)(F)F)cc2=N1)c1cc(/C(C#N)=C2/N=c3cc(C)c(C(F)(F)F)cc3=N2)cc(C(C#N)=C2N=c3cc(C)c(C)cc3=N2)n1. The minimum absolute atomic E-state index is 0.00332. The highest BCUT2D eigenvalue weighted by molar-refractivity contribution is 5.86. The lowest BCUT2D eigenvalue weighted by atomic mass is 10.0. The van der Waals surface area contributed by atoms with E-state index < -0.39 is 23.5 Å². The van der Waals surface area contributed by atoms with Crippen molar-refractivity contribution >= 4 is 16.8 Å². The molecule has 7 rings (SSSR count). The van der Waals surface area contributed by atoms with E-state index in [2.05, 4.69) is 39.8 Å². The van der Waals surface area contributed by atoms with E-state index >= 15 is 0 Å². The Bertz CT molecular complexity index is 2850. The van der Waals surface area contributed by atoms with E-state index in [4.69, 9.17) is 6.57 Å². The van der Waals surface area contributed by atoms with Crippen molar-refractivity contribution in [1.29, 1.82) is 10.5 Å². The first-order valence-electron chi connectivity index (χ1n) is 15.8. The van der Waals surface area contributed by atoms with Gasteiger partial charge in [-0.05, 0) is 104 Å². The summed E-state index contributed by atoms with van der Waals surface area (Å²) in [5.74, 6) is -0.547. The van der Waals surface area contributed by atoms with Crippen LogP contribution in [0.1, 0.15) is 50.3 Å².